The van der Waals surface area contributed by atoms with Crippen LogP contribution in [-0.4, -0.2) is 56.5 Å². The molecule has 1 atom stereocenters. The summed E-state index contributed by atoms with van der Waals surface area (Å²) < 4.78 is 42.4. The van der Waals surface area contributed by atoms with E-state index in [1.165, 1.54) is 12.3 Å². The molecule has 0 spiro atoms. The van der Waals surface area contributed by atoms with Gasteiger partial charge in [-0.1, -0.05) is 16.4 Å². The summed E-state index contributed by atoms with van der Waals surface area (Å²) in [5, 5.41) is 10.9. The molecule has 2 aliphatic heterocycles. The number of nitrogens with one attached hydrogen (secondary N) is 1. The monoisotopic (exact) mass is 394 g/mol. The van der Waals surface area contributed by atoms with Crippen LogP contribution >= 0.6 is 0 Å². The molecule has 2 aliphatic rings. The number of halogens is 1. The third-order valence-electron chi connectivity index (χ3n) is 4.65. The molecule has 0 amide bonds. The molecule has 1 aromatic carbocycles. The summed E-state index contributed by atoms with van der Waals surface area (Å²) >= 11 is 0. The SMILES string of the molecule is O=S1(=O)CCN(c2ccc(C3=NO[C@H](CNc4ccon4)C3)cc2F)CC1. The summed E-state index contributed by atoms with van der Waals surface area (Å²) in [6.07, 6.45) is 1.85. The molecule has 0 unspecified atom stereocenters. The smallest absolute Gasteiger partial charge is 0.169 e. The molecule has 1 N–H and O–H groups in total. The fourth-order valence-corrected chi connectivity index (χ4v) is 4.33. The molecule has 10 heteroatoms. The Bertz CT molecular complexity index is 932. The maximum atomic E-state index is 14.6. The first-order chi connectivity index (χ1) is 13.0. The molecule has 1 aromatic heterocycles. The number of aromatic nitrogens is 1. The van der Waals surface area contributed by atoms with Crippen molar-refractivity contribution in [2.45, 2.75) is 12.5 Å². The van der Waals surface area contributed by atoms with Gasteiger partial charge in [-0.05, 0) is 12.1 Å². The summed E-state index contributed by atoms with van der Waals surface area (Å²) in [6, 6.07) is 6.59. The Morgan fingerprint density at radius 3 is 2.78 bits per heavy atom. The normalized spacial score (nSPS) is 21.6. The lowest BCUT2D eigenvalue weighted by molar-refractivity contribution is 0.0948. The highest BCUT2D eigenvalue weighted by Gasteiger charge is 2.26. The molecule has 3 heterocycles. The van der Waals surface area contributed by atoms with Gasteiger partial charge >= 0.3 is 0 Å². The molecule has 0 radical (unpaired) electrons. The average molecular weight is 394 g/mol. The van der Waals surface area contributed by atoms with Crippen LogP contribution in [0.1, 0.15) is 12.0 Å². The predicted octanol–water partition coefficient (Wildman–Crippen LogP) is 1.65. The van der Waals surface area contributed by atoms with E-state index in [-0.39, 0.29) is 17.6 Å². The summed E-state index contributed by atoms with van der Waals surface area (Å²) in [4.78, 5) is 7.16. The Morgan fingerprint density at radius 2 is 2.07 bits per heavy atom. The highest BCUT2D eigenvalue weighted by Crippen LogP contribution is 2.25. The zero-order valence-corrected chi connectivity index (χ0v) is 15.3. The Balaban J connectivity index is 1.38. The molecule has 0 aliphatic carbocycles. The second-order valence-corrected chi connectivity index (χ2v) is 8.84. The van der Waals surface area contributed by atoms with Gasteiger partial charge in [-0.3, -0.25) is 0 Å². The van der Waals surface area contributed by atoms with Crippen LogP contribution in [0.2, 0.25) is 0 Å². The average Bonchev–Trinajstić information content (AvgIpc) is 3.32. The molecular formula is C17H19FN4O4S. The van der Waals surface area contributed by atoms with Crippen LogP contribution in [0.25, 0.3) is 0 Å². The molecule has 2 aromatic rings. The topological polar surface area (TPSA) is 97.0 Å². The second kappa shape index (κ2) is 7.18. The van der Waals surface area contributed by atoms with E-state index >= 15 is 0 Å². The summed E-state index contributed by atoms with van der Waals surface area (Å²) in [7, 11) is -3.00. The lowest BCUT2D eigenvalue weighted by Crippen LogP contribution is -2.40. The van der Waals surface area contributed by atoms with E-state index in [1.54, 1.807) is 23.1 Å². The van der Waals surface area contributed by atoms with Gasteiger partial charge < -0.3 is 19.6 Å². The molecule has 4 rings (SSSR count). The van der Waals surface area contributed by atoms with E-state index in [2.05, 4.69) is 15.6 Å². The maximum Gasteiger partial charge on any atom is 0.169 e. The van der Waals surface area contributed by atoms with Crippen LogP contribution < -0.4 is 10.2 Å². The third-order valence-corrected chi connectivity index (χ3v) is 6.26. The molecule has 0 saturated carbocycles. The van der Waals surface area contributed by atoms with Crippen LogP contribution in [-0.2, 0) is 14.7 Å². The maximum absolute atomic E-state index is 14.6. The van der Waals surface area contributed by atoms with Crippen LogP contribution in [0.4, 0.5) is 15.9 Å². The lowest BCUT2D eigenvalue weighted by Gasteiger charge is -2.29. The lowest BCUT2D eigenvalue weighted by atomic mass is 10.0. The Morgan fingerprint density at radius 1 is 1.26 bits per heavy atom. The van der Waals surface area contributed by atoms with Gasteiger partial charge in [0.05, 0.1) is 29.4 Å². The molecule has 8 nitrogen and oxygen atoms in total. The van der Waals surface area contributed by atoms with Crippen LogP contribution in [0.5, 0.6) is 0 Å². The van der Waals surface area contributed by atoms with Crippen molar-refractivity contribution in [3.05, 3.63) is 41.9 Å². The van der Waals surface area contributed by atoms with Crippen molar-refractivity contribution in [2.24, 2.45) is 5.16 Å². The largest absolute Gasteiger partial charge is 0.390 e. The first-order valence-corrected chi connectivity index (χ1v) is 10.4. The van der Waals surface area contributed by atoms with E-state index in [1.807, 2.05) is 0 Å². The number of nitrogens with zero attached hydrogens (tertiary/aromatic N) is 3. The van der Waals surface area contributed by atoms with Crippen LogP contribution in [0.3, 0.4) is 0 Å². The van der Waals surface area contributed by atoms with Crippen molar-refractivity contribution in [1.29, 1.82) is 0 Å². The molecule has 144 valence electrons. The highest BCUT2D eigenvalue weighted by atomic mass is 32.2. The number of oxime groups is 1. The Labute approximate surface area is 155 Å². The number of anilines is 2. The van der Waals surface area contributed by atoms with Gasteiger partial charge in [-0.25, -0.2) is 12.8 Å². The van der Waals surface area contributed by atoms with Gasteiger partial charge in [0.2, 0.25) is 0 Å². The second-order valence-electron chi connectivity index (χ2n) is 6.54. The van der Waals surface area contributed by atoms with Gasteiger partial charge in [-0.2, -0.15) is 0 Å². The van der Waals surface area contributed by atoms with Gasteiger partial charge in [0.1, 0.15) is 18.2 Å². The van der Waals surface area contributed by atoms with Crippen molar-refractivity contribution in [3.8, 4) is 0 Å². The van der Waals surface area contributed by atoms with Crippen molar-refractivity contribution in [1.82, 2.24) is 5.16 Å². The molecule has 1 saturated heterocycles. The zero-order chi connectivity index (χ0) is 18.9. The number of benzene rings is 1. The highest BCUT2D eigenvalue weighted by molar-refractivity contribution is 7.91. The first kappa shape index (κ1) is 17.8. The molecular weight excluding hydrogens is 375 g/mol. The number of rotatable bonds is 5. The third kappa shape index (κ3) is 4.05. The minimum Gasteiger partial charge on any atom is -0.390 e. The number of hydrogen-bond acceptors (Lipinski definition) is 8. The number of sulfone groups is 1. The van der Waals surface area contributed by atoms with Crippen molar-refractivity contribution in [3.63, 3.8) is 0 Å². The van der Waals surface area contributed by atoms with Crippen molar-refractivity contribution < 1.29 is 22.2 Å². The van der Waals surface area contributed by atoms with E-state index in [4.69, 9.17) is 9.36 Å². The fourth-order valence-electron chi connectivity index (χ4n) is 3.13. The summed E-state index contributed by atoms with van der Waals surface area (Å²) in [5.74, 6) is 0.328. The number of hydrogen-bond donors (Lipinski definition) is 1. The van der Waals surface area contributed by atoms with E-state index in [9.17, 15) is 12.8 Å². The van der Waals surface area contributed by atoms with Gasteiger partial charge in [0.25, 0.3) is 0 Å². The predicted molar refractivity (Wildman–Crippen MR) is 98.3 cm³/mol. The van der Waals surface area contributed by atoms with Gasteiger partial charge in [-0.15, -0.1) is 0 Å². The summed E-state index contributed by atoms with van der Waals surface area (Å²) in [5.41, 5.74) is 1.75. The van der Waals surface area contributed by atoms with Gasteiger partial charge in [0, 0.05) is 31.1 Å². The molecule has 0 bridgehead atoms. The molecule has 1 fully saturated rings. The first-order valence-electron chi connectivity index (χ1n) is 8.62. The minimum atomic E-state index is -3.00. The quantitative estimate of drug-likeness (QED) is 0.824. The standard InChI is InChI=1S/C17H19FN4O4S/c18-14-9-12(1-2-16(14)22-4-7-27(23,24)8-5-22)15-10-13(26-20-15)11-19-17-3-6-25-21-17/h1-3,6,9,13H,4-5,7-8,10-11H2,(H,19,21)/t13-/m0/s1. The van der Waals surface area contributed by atoms with Crippen LogP contribution in [0.15, 0.2) is 40.2 Å². The van der Waals surface area contributed by atoms with Gasteiger partial charge in [0.15, 0.2) is 15.7 Å². The Kier molecular flexibility index (Phi) is 4.73. The minimum absolute atomic E-state index is 0.0505. The van der Waals surface area contributed by atoms with Crippen molar-refractivity contribution in [2.75, 3.05) is 41.4 Å². The van der Waals surface area contributed by atoms with E-state index in [0.29, 0.717) is 48.8 Å². The fraction of sp³-hybridized carbons (Fsp3) is 0.412. The van der Waals surface area contributed by atoms with E-state index < -0.39 is 15.7 Å². The Hall–Kier alpha value is -2.62. The molecule has 27 heavy (non-hydrogen) atoms. The zero-order valence-electron chi connectivity index (χ0n) is 14.5. The van der Waals surface area contributed by atoms with E-state index in [0.717, 1.165) is 0 Å². The van der Waals surface area contributed by atoms with Crippen LogP contribution in [0, 0.1) is 5.82 Å². The van der Waals surface area contributed by atoms with Crippen molar-refractivity contribution >= 4 is 27.1 Å². The summed E-state index contributed by atoms with van der Waals surface area (Å²) in [6.45, 7) is 1.11.